The third kappa shape index (κ3) is 3.30. The molecule has 1 aromatic heterocycles. The van der Waals surface area contributed by atoms with Crippen LogP contribution in [0.15, 0.2) is 12.4 Å². The van der Waals surface area contributed by atoms with E-state index in [1.54, 1.807) is 6.33 Å². The molecule has 5 heteroatoms. The van der Waals surface area contributed by atoms with Crippen LogP contribution in [0.5, 0.6) is 5.88 Å². The fraction of sp³-hybridized carbons (Fsp3) is 0.667. The van der Waals surface area contributed by atoms with Gasteiger partial charge in [0.25, 0.3) is 0 Å². The summed E-state index contributed by atoms with van der Waals surface area (Å²) in [5, 5.41) is 0. The monoisotopic (exact) mass is 237 g/mol. The molecule has 1 fully saturated rings. The molecule has 1 aromatic rings. The molecule has 0 amide bonds. The summed E-state index contributed by atoms with van der Waals surface area (Å²) in [4.78, 5) is 10.4. The van der Waals surface area contributed by atoms with Gasteiger partial charge in [-0.05, 0) is 13.3 Å². The second kappa shape index (κ2) is 5.82. The van der Waals surface area contributed by atoms with Crippen molar-refractivity contribution in [1.82, 2.24) is 9.97 Å². The van der Waals surface area contributed by atoms with E-state index >= 15 is 0 Å². The molecular formula is C12H19N3O2. The Labute approximate surface area is 102 Å². The van der Waals surface area contributed by atoms with E-state index in [0.717, 1.165) is 32.0 Å². The van der Waals surface area contributed by atoms with E-state index in [4.69, 9.17) is 9.47 Å². The average Bonchev–Trinajstić information content (AvgIpc) is 2.83. The number of hydrogen-bond donors (Lipinski definition) is 0. The molecule has 1 saturated heterocycles. The van der Waals surface area contributed by atoms with Gasteiger partial charge in [0.05, 0.1) is 13.2 Å². The molecule has 0 aromatic carbocycles. The van der Waals surface area contributed by atoms with Crippen molar-refractivity contribution in [2.75, 3.05) is 38.3 Å². The van der Waals surface area contributed by atoms with E-state index in [9.17, 15) is 0 Å². The molecule has 17 heavy (non-hydrogen) atoms. The van der Waals surface area contributed by atoms with Crippen molar-refractivity contribution in [3.8, 4) is 5.88 Å². The van der Waals surface area contributed by atoms with Crippen molar-refractivity contribution in [2.45, 2.75) is 13.3 Å². The zero-order chi connectivity index (χ0) is 12.1. The van der Waals surface area contributed by atoms with Gasteiger partial charge in [0.1, 0.15) is 12.1 Å². The van der Waals surface area contributed by atoms with Gasteiger partial charge >= 0.3 is 0 Å². The Hall–Kier alpha value is -1.36. The third-order valence-corrected chi connectivity index (χ3v) is 2.87. The highest BCUT2D eigenvalue weighted by molar-refractivity contribution is 5.39. The van der Waals surface area contributed by atoms with Gasteiger partial charge in [-0.15, -0.1) is 0 Å². The highest BCUT2D eigenvalue weighted by Crippen LogP contribution is 2.19. The molecule has 1 aliphatic heterocycles. The molecule has 0 N–H and O–H groups in total. The van der Waals surface area contributed by atoms with Gasteiger partial charge in [-0.25, -0.2) is 9.97 Å². The van der Waals surface area contributed by atoms with E-state index in [-0.39, 0.29) is 0 Å². The minimum Gasteiger partial charge on any atom is -0.478 e. The van der Waals surface area contributed by atoms with Gasteiger partial charge < -0.3 is 14.4 Å². The summed E-state index contributed by atoms with van der Waals surface area (Å²) in [6.07, 6.45) is 2.68. The van der Waals surface area contributed by atoms with E-state index in [0.29, 0.717) is 18.4 Å². The van der Waals surface area contributed by atoms with Crippen molar-refractivity contribution < 1.29 is 9.47 Å². The Morgan fingerprint density at radius 1 is 1.53 bits per heavy atom. The Kier molecular flexibility index (Phi) is 4.14. The van der Waals surface area contributed by atoms with Crippen molar-refractivity contribution in [1.29, 1.82) is 0 Å². The molecule has 0 spiro atoms. The summed E-state index contributed by atoms with van der Waals surface area (Å²) in [6, 6.07) is 1.87. The third-order valence-electron chi connectivity index (χ3n) is 2.87. The van der Waals surface area contributed by atoms with Crippen LogP contribution in [0.2, 0.25) is 0 Å². The molecule has 2 heterocycles. The van der Waals surface area contributed by atoms with Crippen molar-refractivity contribution in [3.05, 3.63) is 12.4 Å². The molecule has 5 nitrogen and oxygen atoms in total. The maximum absolute atomic E-state index is 5.37. The van der Waals surface area contributed by atoms with Crippen molar-refractivity contribution in [3.63, 3.8) is 0 Å². The molecule has 0 aliphatic carbocycles. The topological polar surface area (TPSA) is 47.5 Å². The van der Waals surface area contributed by atoms with E-state index in [1.165, 1.54) is 0 Å². The summed E-state index contributed by atoms with van der Waals surface area (Å²) >= 11 is 0. The predicted octanol–water partition coefficient (Wildman–Crippen LogP) is 1.35. The quantitative estimate of drug-likeness (QED) is 0.773. The van der Waals surface area contributed by atoms with E-state index in [2.05, 4.69) is 14.9 Å². The van der Waals surface area contributed by atoms with Gasteiger partial charge in [0, 0.05) is 32.2 Å². The first kappa shape index (κ1) is 12.1. The minimum atomic E-state index is 0.602. The van der Waals surface area contributed by atoms with Crippen LogP contribution in [0.1, 0.15) is 13.3 Å². The minimum absolute atomic E-state index is 0.602. The van der Waals surface area contributed by atoms with Gasteiger partial charge in [-0.2, -0.15) is 0 Å². The van der Waals surface area contributed by atoms with Crippen molar-refractivity contribution in [2.24, 2.45) is 5.92 Å². The Morgan fingerprint density at radius 2 is 2.41 bits per heavy atom. The summed E-state index contributed by atoms with van der Waals surface area (Å²) < 4.78 is 10.7. The summed E-state index contributed by atoms with van der Waals surface area (Å²) in [5.74, 6) is 2.13. The van der Waals surface area contributed by atoms with Crippen LogP contribution in [0.4, 0.5) is 5.82 Å². The highest BCUT2D eigenvalue weighted by Gasteiger charge is 2.18. The fourth-order valence-corrected chi connectivity index (χ4v) is 1.97. The number of rotatable bonds is 5. The number of ether oxygens (including phenoxy) is 2. The number of aromatic nitrogens is 2. The Bertz CT molecular complexity index is 353. The molecule has 0 saturated carbocycles. The lowest BCUT2D eigenvalue weighted by Gasteiger charge is -2.21. The number of anilines is 1. The van der Waals surface area contributed by atoms with Crippen LogP contribution in [-0.4, -0.2) is 43.4 Å². The number of hydrogen-bond acceptors (Lipinski definition) is 5. The Balaban J connectivity index is 1.97. The lowest BCUT2D eigenvalue weighted by Crippen LogP contribution is -2.26. The molecule has 0 radical (unpaired) electrons. The Morgan fingerprint density at radius 3 is 3.12 bits per heavy atom. The smallest absolute Gasteiger partial charge is 0.218 e. The largest absolute Gasteiger partial charge is 0.478 e. The van der Waals surface area contributed by atoms with Crippen LogP contribution in [0.3, 0.4) is 0 Å². The molecule has 1 unspecified atom stereocenters. The first-order valence-corrected chi connectivity index (χ1v) is 6.03. The van der Waals surface area contributed by atoms with Crippen LogP contribution >= 0.6 is 0 Å². The maximum atomic E-state index is 5.37. The molecular weight excluding hydrogens is 218 g/mol. The molecule has 94 valence electrons. The predicted molar refractivity (Wildman–Crippen MR) is 65.4 cm³/mol. The normalized spacial score (nSPS) is 19.3. The standard InChI is InChI=1S/C12H19N3O2/c1-3-17-12-6-11(13-9-14-12)15(2)7-10-4-5-16-8-10/h6,9-10H,3-5,7-8H2,1-2H3. The molecule has 2 rings (SSSR count). The number of nitrogens with zero attached hydrogens (tertiary/aromatic N) is 3. The molecule has 0 bridgehead atoms. The SMILES string of the molecule is CCOc1cc(N(C)CC2CCOC2)ncn1. The summed E-state index contributed by atoms with van der Waals surface area (Å²) in [6.45, 7) is 5.26. The zero-order valence-corrected chi connectivity index (χ0v) is 10.4. The maximum Gasteiger partial charge on any atom is 0.218 e. The highest BCUT2D eigenvalue weighted by atomic mass is 16.5. The van der Waals surface area contributed by atoms with Gasteiger partial charge in [0.2, 0.25) is 5.88 Å². The zero-order valence-electron chi connectivity index (χ0n) is 10.4. The fourth-order valence-electron chi connectivity index (χ4n) is 1.97. The van der Waals surface area contributed by atoms with Crippen molar-refractivity contribution >= 4 is 5.82 Å². The molecule has 1 atom stereocenters. The van der Waals surface area contributed by atoms with Gasteiger partial charge in [-0.1, -0.05) is 0 Å². The first-order chi connectivity index (χ1) is 8.29. The van der Waals surface area contributed by atoms with Crippen LogP contribution in [-0.2, 0) is 4.74 Å². The summed E-state index contributed by atoms with van der Waals surface area (Å²) in [5.41, 5.74) is 0. The average molecular weight is 237 g/mol. The second-order valence-electron chi connectivity index (χ2n) is 4.26. The lowest BCUT2D eigenvalue weighted by molar-refractivity contribution is 0.186. The van der Waals surface area contributed by atoms with E-state index in [1.807, 2.05) is 20.0 Å². The van der Waals surface area contributed by atoms with Gasteiger partial charge in [0.15, 0.2) is 0 Å². The first-order valence-electron chi connectivity index (χ1n) is 6.03. The second-order valence-corrected chi connectivity index (χ2v) is 4.26. The summed E-state index contributed by atoms with van der Waals surface area (Å²) in [7, 11) is 2.04. The van der Waals surface area contributed by atoms with Crippen LogP contribution in [0, 0.1) is 5.92 Å². The van der Waals surface area contributed by atoms with Crippen LogP contribution < -0.4 is 9.64 Å². The van der Waals surface area contributed by atoms with Crippen LogP contribution in [0.25, 0.3) is 0 Å². The van der Waals surface area contributed by atoms with Gasteiger partial charge in [-0.3, -0.25) is 0 Å². The lowest BCUT2D eigenvalue weighted by atomic mass is 10.1. The molecule has 1 aliphatic rings. The van der Waals surface area contributed by atoms with E-state index < -0.39 is 0 Å².